The van der Waals surface area contributed by atoms with Crippen molar-refractivity contribution in [3.8, 4) is 0 Å². The Morgan fingerprint density at radius 1 is 1.18 bits per heavy atom. The van der Waals surface area contributed by atoms with Crippen LogP contribution in [0.4, 0.5) is 0 Å². The smallest absolute Gasteiger partial charge is 0.389 e. The summed E-state index contributed by atoms with van der Waals surface area (Å²) in [5, 5.41) is 0.343. The van der Waals surface area contributed by atoms with Crippen LogP contribution in [-0.4, -0.2) is 9.77 Å². The largest absolute Gasteiger partial charge is 0.453 e. The van der Waals surface area contributed by atoms with Crippen molar-refractivity contribution in [2.24, 2.45) is 0 Å². The molecule has 0 spiro atoms. The van der Waals surface area contributed by atoms with Crippen LogP contribution in [0.15, 0.2) is 45.6 Å². The predicted molar refractivity (Wildman–Crippen MR) is 58.9 cm³/mol. The lowest BCUT2D eigenvalue weighted by Crippen LogP contribution is -2.27. The van der Waals surface area contributed by atoms with Gasteiger partial charge in [-0.3, -0.25) is 4.79 Å². The molecule has 2 aliphatic rings. The van der Waals surface area contributed by atoms with E-state index >= 15 is 0 Å². The lowest BCUT2D eigenvalue weighted by atomic mass is 10.3. The summed E-state index contributed by atoms with van der Waals surface area (Å²) in [5.41, 5.74) is 10.4. The quantitative estimate of drug-likeness (QED) is 0.457. The Kier molecular flexibility index (Phi) is 1.93. The van der Waals surface area contributed by atoms with Crippen molar-refractivity contribution >= 4 is 11.1 Å². The van der Waals surface area contributed by atoms with Gasteiger partial charge in [0, 0.05) is 0 Å². The fourth-order valence-electron chi connectivity index (χ4n) is 1.77. The first-order valence-electron chi connectivity index (χ1n) is 5.02. The van der Waals surface area contributed by atoms with E-state index in [-0.39, 0.29) is 10.8 Å². The van der Waals surface area contributed by atoms with Gasteiger partial charge in [0.2, 0.25) is 0 Å². The molecule has 0 bridgehead atoms. The van der Waals surface area contributed by atoms with E-state index in [9.17, 15) is 4.79 Å². The Morgan fingerprint density at radius 3 is 2.82 bits per heavy atom. The zero-order chi connectivity index (χ0) is 11.8. The van der Waals surface area contributed by atoms with E-state index in [0.29, 0.717) is 16.3 Å². The van der Waals surface area contributed by atoms with E-state index in [4.69, 9.17) is 9.95 Å². The van der Waals surface area contributed by atoms with E-state index in [1.54, 1.807) is 6.07 Å². The maximum Gasteiger partial charge on any atom is 0.389 e. The van der Waals surface area contributed by atoms with Crippen LogP contribution in [0, 0.1) is 10.8 Å². The molecule has 1 heterocycles. The van der Waals surface area contributed by atoms with Crippen molar-refractivity contribution < 1.29 is 9.21 Å². The average molecular weight is 225 g/mol. The zero-order valence-corrected chi connectivity index (χ0v) is 8.68. The lowest BCUT2D eigenvalue weighted by Gasteiger charge is -1.97. The summed E-state index contributed by atoms with van der Waals surface area (Å²) < 4.78 is 5.60. The molecule has 1 aromatic rings. The topological polar surface area (TPSA) is 82.4 Å². The van der Waals surface area contributed by atoms with Crippen LogP contribution in [0.1, 0.15) is 0 Å². The number of H-pyrrole nitrogens is 1. The van der Waals surface area contributed by atoms with E-state index < -0.39 is 0 Å². The van der Waals surface area contributed by atoms with Gasteiger partial charge in [-0.2, -0.15) is 4.79 Å². The molecule has 0 unspecified atom stereocenters. The molecule has 5 heteroatoms. The number of benzene rings is 1. The van der Waals surface area contributed by atoms with Gasteiger partial charge < -0.3 is 14.9 Å². The number of nitrogens with zero attached hydrogens (tertiary/aromatic N) is 2. The summed E-state index contributed by atoms with van der Waals surface area (Å²) in [7, 11) is 0. The van der Waals surface area contributed by atoms with Gasteiger partial charge in [0.05, 0.1) is 5.52 Å². The zero-order valence-electron chi connectivity index (χ0n) is 8.68. The molecule has 5 nitrogen and oxygen atoms in total. The molecule has 0 atom stereocenters. The fourth-order valence-corrected chi connectivity index (χ4v) is 1.77. The molecular formula is C12H7N3O2. The maximum atomic E-state index is 11.5. The normalized spacial score (nSPS) is 10.6. The molecule has 0 fully saturated rings. The number of fused-ring (bicyclic) bond motifs is 1. The first-order chi connectivity index (χ1) is 8.29. The minimum Gasteiger partial charge on any atom is -0.453 e. The minimum atomic E-state index is -0.360. The Morgan fingerprint density at radius 2 is 2.00 bits per heavy atom. The summed E-state index contributed by atoms with van der Waals surface area (Å²) in [5.74, 6) is 0. The van der Waals surface area contributed by atoms with E-state index in [1.165, 1.54) is 6.07 Å². The first kappa shape index (κ1) is 9.57. The van der Waals surface area contributed by atoms with Gasteiger partial charge in [-0.05, 0) is 24.3 Å². The van der Waals surface area contributed by atoms with Crippen molar-refractivity contribution in [3.05, 3.63) is 68.3 Å². The molecule has 0 aromatic heterocycles. The Labute approximate surface area is 94.2 Å². The second-order valence-electron chi connectivity index (χ2n) is 3.61. The molecule has 0 radical (unpaired) electrons. The van der Waals surface area contributed by atoms with Crippen LogP contribution >= 0.6 is 0 Å². The molecule has 1 aliphatic heterocycles. The third kappa shape index (κ3) is 1.38. The highest BCUT2D eigenvalue weighted by Gasteiger charge is 2.06. The second kappa shape index (κ2) is 3.43. The summed E-state index contributed by atoms with van der Waals surface area (Å²) in [4.78, 5) is 17.5. The van der Waals surface area contributed by atoms with Gasteiger partial charge in [-0.25, -0.2) is 0 Å². The van der Waals surface area contributed by atoms with Crippen LogP contribution in [0.5, 0.6) is 0 Å². The number of aromatic amines is 1. The van der Waals surface area contributed by atoms with Gasteiger partial charge in [-0.15, -0.1) is 0 Å². The number of rotatable bonds is 0. The van der Waals surface area contributed by atoms with Gasteiger partial charge in [0.25, 0.3) is 5.43 Å². The molecule has 1 N–H and O–H groups in total. The Hall–Kier alpha value is -2.65. The molecule has 17 heavy (non-hydrogen) atoms. The van der Waals surface area contributed by atoms with Crippen LogP contribution < -0.4 is 10.8 Å². The van der Waals surface area contributed by atoms with Crippen LogP contribution in [0.25, 0.3) is 16.6 Å². The standard InChI is InChI=1S/C12H7N3O2/c13-15-11-8(16)5-6-10-12(11)14-7-3-1-2-4-9(7)17-10/h1-6,14H. The predicted octanol–water partition coefficient (Wildman–Crippen LogP) is 0.976. The number of para-hydroxylation sites is 2. The highest BCUT2D eigenvalue weighted by molar-refractivity contribution is 5.70. The molecule has 1 aliphatic carbocycles. The van der Waals surface area contributed by atoms with Crippen molar-refractivity contribution in [2.45, 2.75) is 0 Å². The van der Waals surface area contributed by atoms with Gasteiger partial charge >= 0.3 is 5.36 Å². The number of hydrogen-bond donors (Lipinski definition) is 1. The number of hydrogen-bond acceptors (Lipinski definition) is 2. The number of aromatic nitrogens is 1. The summed E-state index contributed by atoms with van der Waals surface area (Å²) >= 11 is 0. The molecule has 3 rings (SSSR count). The fraction of sp³-hybridized carbons (Fsp3) is 0. The molecule has 0 amide bonds. The van der Waals surface area contributed by atoms with Crippen molar-refractivity contribution in [1.82, 2.24) is 4.98 Å². The monoisotopic (exact) mass is 225 g/mol. The highest BCUT2D eigenvalue weighted by Crippen LogP contribution is 2.10. The summed E-state index contributed by atoms with van der Waals surface area (Å²) in [6.07, 6.45) is 0. The van der Waals surface area contributed by atoms with E-state index in [2.05, 4.69) is 9.77 Å². The lowest BCUT2D eigenvalue weighted by molar-refractivity contribution is -0.0686. The second-order valence-corrected chi connectivity index (χ2v) is 3.61. The maximum absolute atomic E-state index is 11.5. The highest BCUT2D eigenvalue weighted by atomic mass is 16.3. The summed E-state index contributed by atoms with van der Waals surface area (Å²) in [6.45, 7) is 0. The third-order valence-electron chi connectivity index (χ3n) is 2.57. The van der Waals surface area contributed by atoms with Crippen molar-refractivity contribution in [3.63, 3.8) is 0 Å². The van der Waals surface area contributed by atoms with Crippen LogP contribution in [-0.2, 0) is 0 Å². The summed E-state index contributed by atoms with van der Waals surface area (Å²) in [6, 6.07) is 10.2. The Balaban J connectivity index is 2.75. The minimum absolute atomic E-state index is 0.0444. The molecule has 82 valence electrons. The number of nitrogens with one attached hydrogen (secondary N) is 1. The van der Waals surface area contributed by atoms with Crippen LogP contribution in [0.3, 0.4) is 0 Å². The third-order valence-corrected chi connectivity index (χ3v) is 2.57. The van der Waals surface area contributed by atoms with Crippen molar-refractivity contribution in [1.29, 1.82) is 0 Å². The molecular weight excluding hydrogens is 218 g/mol. The van der Waals surface area contributed by atoms with E-state index in [0.717, 1.165) is 5.52 Å². The average Bonchev–Trinajstić information content (AvgIpc) is 2.36. The van der Waals surface area contributed by atoms with Crippen LogP contribution in [0.2, 0.25) is 0 Å². The van der Waals surface area contributed by atoms with Gasteiger partial charge in [0.1, 0.15) is 0 Å². The first-order valence-corrected chi connectivity index (χ1v) is 5.02. The van der Waals surface area contributed by atoms with Gasteiger partial charge in [-0.1, -0.05) is 12.1 Å². The molecule has 0 saturated carbocycles. The van der Waals surface area contributed by atoms with Gasteiger partial charge in [0.15, 0.2) is 16.3 Å². The SMILES string of the molecule is [N-]=[N+]=c1c(=O)ccc2oc3ccccc3[nH]c1=2. The van der Waals surface area contributed by atoms with Crippen molar-refractivity contribution in [2.75, 3.05) is 0 Å². The molecule has 0 saturated heterocycles. The molecule has 1 aromatic carbocycles. The van der Waals surface area contributed by atoms with E-state index in [1.807, 2.05) is 24.3 Å². The Bertz CT molecular complexity index is 917.